The van der Waals surface area contributed by atoms with Crippen LogP contribution in [0, 0.1) is 17.8 Å². The molecule has 0 spiro atoms. The Hall–Kier alpha value is -3.58. The lowest BCUT2D eigenvalue weighted by Crippen LogP contribution is -2.48. The van der Waals surface area contributed by atoms with Gasteiger partial charge in [0.15, 0.2) is 5.76 Å². The van der Waals surface area contributed by atoms with E-state index < -0.39 is 17.7 Å². The highest BCUT2D eigenvalue weighted by Gasteiger charge is 2.50. The molecule has 0 saturated carbocycles. The van der Waals surface area contributed by atoms with Crippen molar-refractivity contribution in [1.29, 1.82) is 0 Å². The molecular formula is C22H23ClN4O5. The monoisotopic (exact) mass is 458 g/mol. The SMILES string of the molecule is COC1=C(C#Cc2ccccc2)C(Cc2cnc(N)nc2N)=CC(C(=O)O)C1(O)OC.Cl. The van der Waals surface area contributed by atoms with Gasteiger partial charge in [0.25, 0.3) is 0 Å². The second kappa shape index (κ2) is 10.2. The molecule has 0 aliphatic heterocycles. The van der Waals surface area contributed by atoms with Crippen molar-refractivity contribution in [1.82, 2.24) is 9.97 Å². The maximum Gasteiger partial charge on any atom is 0.316 e. The van der Waals surface area contributed by atoms with Crippen LogP contribution in [0.5, 0.6) is 0 Å². The summed E-state index contributed by atoms with van der Waals surface area (Å²) in [6.07, 6.45) is 2.97. The predicted molar refractivity (Wildman–Crippen MR) is 120 cm³/mol. The van der Waals surface area contributed by atoms with Crippen LogP contribution in [-0.2, 0) is 20.7 Å². The smallest absolute Gasteiger partial charge is 0.316 e. The number of aliphatic carboxylic acids is 1. The Balaban J connectivity index is 0.00000363. The molecule has 0 amide bonds. The van der Waals surface area contributed by atoms with Crippen molar-refractivity contribution in [2.75, 3.05) is 25.7 Å². The minimum atomic E-state index is -2.24. The van der Waals surface area contributed by atoms with Gasteiger partial charge in [0.05, 0.1) is 12.7 Å². The van der Waals surface area contributed by atoms with E-state index in [2.05, 4.69) is 21.8 Å². The molecule has 2 unspecified atom stereocenters. The van der Waals surface area contributed by atoms with Crippen LogP contribution < -0.4 is 11.5 Å². The minimum Gasteiger partial charge on any atom is -0.494 e. The lowest BCUT2D eigenvalue weighted by Gasteiger charge is -2.36. The quantitative estimate of drug-likeness (QED) is 0.385. The van der Waals surface area contributed by atoms with Gasteiger partial charge in [-0.1, -0.05) is 36.1 Å². The van der Waals surface area contributed by atoms with E-state index in [-0.39, 0.29) is 41.9 Å². The van der Waals surface area contributed by atoms with Crippen LogP contribution in [0.1, 0.15) is 11.1 Å². The number of aromatic nitrogens is 2. The van der Waals surface area contributed by atoms with Crippen LogP contribution in [0.4, 0.5) is 11.8 Å². The van der Waals surface area contributed by atoms with E-state index in [4.69, 9.17) is 20.9 Å². The first-order chi connectivity index (χ1) is 14.8. The second-order valence-electron chi connectivity index (χ2n) is 6.75. The fourth-order valence-corrected chi connectivity index (χ4v) is 3.29. The Labute approximate surface area is 191 Å². The molecule has 9 nitrogen and oxygen atoms in total. The van der Waals surface area contributed by atoms with E-state index >= 15 is 0 Å². The topological polar surface area (TPSA) is 154 Å². The number of methoxy groups -OCH3 is 2. The van der Waals surface area contributed by atoms with Gasteiger partial charge in [0, 0.05) is 30.9 Å². The third kappa shape index (κ3) is 4.84. The molecule has 2 atom stereocenters. The number of carbonyl (C=O) groups is 1. The number of benzene rings is 1. The Kier molecular flexibility index (Phi) is 7.83. The zero-order chi connectivity index (χ0) is 22.6. The van der Waals surface area contributed by atoms with Crippen molar-refractivity contribution in [3.8, 4) is 11.8 Å². The molecule has 1 aromatic heterocycles. The number of allylic oxidation sites excluding steroid dienone is 2. The highest BCUT2D eigenvalue weighted by molar-refractivity contribution is 5.85. The van der Waals surface area contributed by atoms with Crippen molar-refractivity contribution >= 4 is 30.1 Å². The molecule has 0 radical (unpaired) electrons. The highest BCUT2D eigenvalue weighted by Crippen LogP contribution is 2.40. The van der Waals surface area contributed by atoms with Crippen molar-refractivity contribution in [3.63, 3.8) is 0 Å². The molecular weight excluding hydrogens is 436 g/mol. The van der Waals surface area contributed by atoms with Gasteiger partial charge in [0.1, 0.15) is 11.7 Å². The van der Waals surface area contributed by atoms with Crippen molar-refractivity contribution in [2.24, 2.45) is 5.92 Å². The number of carboxylic acid groups (broad SMARTS) is 1. The van der Waals surface area contributed by atoms with Gasteiger partial charge in [-0.05, 0) is 17.7 Å². The molecule has 32 heavy (non-hydrogen) atoms. The molecule has 1 aliphatic rings. The summed E-state index contributed by atoms with van der Waals surface area (Å²) in [7, 11) is 2.51. The number of ether oxygens (including phenoxy) is 2. The van der Waals surface area contributed by atoms with Gasteiger partial charge < -0.3 is 31.2 Å². The average Bonchev–Trinajstić information content (AvgIpc) is 2.75. The summed E-state index contributed by atoms with van der Waals surface area (Å²) in [6.45, 7) is 0. The van der Waals surface area contributed by atoms with Gasteiger partial charge in [-0.3, -0.25) is 4.79 Å². The van der Waals surface area contributed by atoms with Crippen LogP contribution in [-0.4, -0.2) is 46.2 Å². The van der Waals surface area contributed by atoms with Crippen LogP contribution >= 0.6 is 12.4 Å². The zero-order valence-corrected chi connectivity index (χ0v) is 18.2. The number of carboxylic acids is 1. The highest BCUT2D eigenvalue weighted by atomic mass is 35.5. The third-order valence-electron chi connectivity index (χ3n) is 4.85. The molecule has 10 heteroatoms. The number of nitrogens with two attached hydrogens (primary N) is 2. The molecule has 1 heterocycles. The van der Waals surface area contributed by atoms with E-state index in [1.165, 1.54) is 26.5 Å². The summed E-state index contributed by atoms with van der Waals surface area (Å²) in [5.41, 5.74) is 13.5. The normalized spacial score (nSPS) is 19.8. The van der Waals surface area contributed by atoms with E-state index in [1.54, 1.807) is 0 Å². The minimum absolute atomic E-state index is 0. The van der Waals surface area contributed by atoms with Crippen LogP contribution in [0.15, 0.2) is 59.5 Å². The Morgan fingerprint density at radius 3 is 2.47 bits per heavy atom. The van der Waals surface area contributed by atoms with Gasteiger partial charge in [-0.25, -0.2) is 4.98 Å². The van der Waals surface area contributed by atoms with Crippen molar-refractivity contribution in [3.05, 3.63) is 70.6 Å². The Morgan fingerprint density at radius 2 is 1.91 bits per heavy atom. The number of nitrogen functional groups attached to an aromatic ring is 2. The van der Waals surface area contributed by atoms with E-state index in [9.17, 15) is 15.0 Å². The van der Waals surface area contributed by atoms with Crippen molar-refractivity contribution in [2.45, 2.75) is 12.2 Å². The predicted octanol–water partition coefficient (Wildman–Crippen LogP) is 1.53. The number of nitrogens with zero attached hydrogens (tertiary/aromatic N) is 2. The summed E-state index contributed by atoms with van der Waals surface area (Å²) >= 11 is 0. The largest absolute Gasteiger partial charge is 0.494 e. The second-order valence-corrected chi connectivity index (χ2v) is 6.75. The van der Waals surface area contributed by atoms with Crippen LogP contribution in [0.3, 0.4) is 0 Å². The molecule has 0 bridgehead atoms. The fraction of sp³-hybridized carbons (Fsp3) is 0.227. The first-order valence-corrected chi connectivity index (χ1v) is 9.24. The van der Waals surface area contributed by atoms with Gasteiger partial charge >= 0.3 is 5.97 Å². The first kappa shape index (κ1) is 24.7. The number of hydrogen-bond donors (Lipinski definition) is 4. The third-order valence-corrected chi connectivity index (χ3v) is 4.85. The summed E-state index contributed by atoms with van der Waals surface area (Å²) < 4.78 is 10.6. The Bertz CT molecular complexity index is 1120. The van der Waals surface area contributed by atoms with E-state index in [0.29, 0.717) is 11.1 Å². The number of aliphatic hydroxyl groups is 1. The van der Waals surface area contributed by atoms with Crippen molar-refractivity contribution < 1.29 is 24.5 Å². The maximum absolute atomic E-state index is 11.9. The summed E-state index contributed by atoms with van der Waals surface area (Å²) in [6, 6.07) is 9.18. The molecule has 1 aromatic carbocycles. The van der Waals surface area contributed by atoms with E-state index in [1.807, 2.05) is 30.3 Å². The maximum atomic E-state index is 11.9. The van der Waals surface area contributed by atoms with Crippen LogP contribution in [0.25, 0.3) is 0 Å². The summed E-state index contributed by atoms with van der Waals surface area (Å²) in [5, 5.41) is 20.8. The number of hydrogen-bond acceptors (Lipinski definition) is 8. The summed E-state index contributed by atoms with van der Waals surface area (Å²) in [5.74, 6) is 1.06. The average molecular weight is 459 g/mol. The number of anilines is 2. The fourth-order valence-electron chi connectivity index (χ4n) is 3.29. The zero-order valence-electron chi connectivity index (χ0n) is 17.4. The van der Waals surface area contributed by atoms with E-state index in [0.717, 1.165) is 5.56 Å². The van der Waals surface area contributed by atoms with Gasteiger partial charge in [-0.15, -0.1) is 12.4 Å². The molecule has 6 N–H and O–H groups in total. The van der Waals surface area contributed by atoms with Gasteiger partial charge in [0.2, 0.25) is 11.7 Å². The molecule has 3 rings (SSSR count). The van der Waals surface area contributed by atoms with Gasteiger partial charge in [-0.2, -0.15) is 4.98 Å². The molecule has 2 aromatic rings. The number of rotatable bonds is 5. The standard InChI is InChI=1S/C22H22N4O5.ClH/c1-30-18-16(9-8-13-6-4-3-5-7-13)14(10-15-12-25-21(24)26-19(15)23)11-17(20(27)28)22(18,29)31-2;/h3-7,11-12,17,29H,10H2,1-2H3,(H,27,28)(H4,23,24,25,26);1H. The molecule has 1 aliphatic carbocycles. The van der Waals surface area contributed by atoms with Crippen LogP contribution in [0.2, 0.25) is 0 Å². The number of halogens is 1. The molecule has 168 valence electrons. The molecule has 0 fully saturated rings. The first-order valence-electron chi connectivity index (χ1n) is 9.24. The lowest BCUT2D eigenvalue weighted by molar-refractivity contribution is -0.213. The Morgan fingerprint density at radius 1 is 1.22 bits per heavy atom. The molecule has 0 saturated heterocycles. The lowest BCUT2D eigenvalue weighted by atomic mass is 9.81. The summed E-state index contributed by atoms with van der Waals surface area (Å²) in [4.78, 5) is 19.8.